The van der Waals surface area contributed by atoms with E-state index in [-0.39, 0.29) is 0 Å². The summed E-state index contributed by atoms with van der Waals surface area (Å²) in [6, 6.07) is 17.4. The molecule has 0 spiro atoms. The van der Waals surface area contributed by atoms with E-state index in [2.05, 4.69) is 50.8 Å². The maximum Gasteiger partial charge on any atom is 0.116 e. The number of H-pyrrole nitrogens is 2. The molecule has 5 rings (SSSR count). The molecule has 0 unspecified atom stereocenters. The van der Waals surface area contributed by atoms with E-state index >= 15 is 0 Å². The molecule has 0 amide bonds. The van der Waals surface area contributed by atoms with Crippen LogP contribution < -0.4 is 11.1 Å². The van der Waals surface area contributed by atoms with Crippen molar-refractivity contribution in [3.8, 4) is 17.5 Å². The predicted octanol–water partition coefficient (Wildman–Crippen LogP) is 3.94. The molecule has 146 valence electrons. The van der Waals surface area contributed by atoms with Crippen LogP contribution in [0.5, 0.6) is 0 Å². The van der Waals surface area contributed by atoms with Crippen LogP contribution in [0.1, 0.15) is 36.8 Å². The Bertz CT molecular complexity index is 1200. The van der Waals surface area contributed by atoms with Crippen molar-refractivity contribution in [2.24, 2.45) is 5.73 Å². The highest BCUT2D eigenvalue weighted by molar-refractivity contribution is 5.96. The molecule has 0 radical (unpaired) electrons. The number of hydrogen-bond donors (Lipinski definition) is 4. The highest BCUT2D eigenvalue weighted by atomic mass is 15.1. The highest BCUT2D eigenvalue weighted by Gasteiger charge is 2.18. The van der Waals surface area contributed by atoms with E-state index < -0.39 is 0 Å². The molecule has 0 bridgehead atoms. The van der Waals surface area contributed by atoms with Crippen molar-refractivity contribution in [2.75, 3.05) is 0 Å². The Morgan fingerprint density at radius 1 is 1.07 bits per heavy atom. The zero-order valence-corrected chi connectivity index (χ0v) is 16.2. The second kappa shape index (κ2) is 7.36. The van der Waals surface area contributed by atoms with Crippen LogP contribution >= 0.6 is 0 Å². The maximum atomic E-state index is 9.08. The Balaban J connectivity index is 1.38. The Morgan fingerprint density at radius 2 is 1.93 bits per heavy atom. The molecule has 0 aliphatic heterocycles. The molecule has 6 heteroatoms. The minimum atomic E-state index is 0.382. The van der Waals surface area contributed by atoms with E-state index in [1.807, 2.05) is 18.2 Å². The number of nitriles is 1. The first-order valence-corrected chi connectivity index (χ1v) is 10.2. The topological polar surface area (TPSA) is 106 Å². The quantitative estimate of drug-likeness (QED) is 0.427. The lowest BCUT2D eigenvalue weighted by atomic mass is 9.92. The van der Waals surface area contributed by atoms with Crippen molar-refractivity contribution < 1.29 is 0 Å². The Morgan fingerprint density at radius 3 is 2.76 bits per heavy atom. The summed E-state index contributed by atoms with van der Waals surface area (Å²) in [6.45, 7) is 0.874. The first kappa shape index (κ1) is 17.9. The van der Waals surface area contributed by atoms with Gasteiger partial charge < -0.3 is 16.0 Å². The van der Waals surface area contributed by atoms with Gasteiger partial charge in [0.1, 0.15) is 5.69 Å². The zero-order valence-electron chi connectivity index (χ0n) is 16.2. The molecule has 4 aromatic rings. The monoisotopic (exact) mass is 384 g/mol. The van der Waals surface area contributed by atoms with Gasteiger partial charge in [-0.25, -0.2) is 0 Å². The summed E-state index contributed by atoms with van der Waals surface area (Å²) in [4.78, 5) is 3.47. The van der Waals surface area contributed by atoms with E-state index in [1.165, 1.54) is 10.9 Å². The number of benzene rings is 2. The Labute approximate surface area is 169 Å². The van der Waals surface area contributed by atoms with E-state index in [4.69, 9.17) is 11.0 Å². The fourth-order valence-electron chi connectivity index (χ4n) is 4.30. The van der Waals surface area contributed by atoms with Crippen molar-refractivity contribution in [1.82, 2.24) is 20.5 Å². The average molecular weight is 384 g/mol. The molecule has 2 aromatic heterocycles. The molecule has 1 aliphatic carbocycles. The molecule has 29 heavy (non-hydrogen) atoms. The normalized spacial score (nSPS) is 19.6. The van der Waals surface area contributed by atoms with Crippen molar-refractivity contribution >= 4 is 21.8 Å². The van der Waals surface area contributed by atoms with Crippen molar-refractivity contribution in [3.05, 3.63) is 53.6 Å². The van der Waals surface area contributed by atoms with Gasteiger partial charge in [0.15, 0.2) is 0 Å². The third-order valence-electron chi connectivity index (χ3n) is 6.00. The average Bonchev–Trinajstić information content (AvgIpc) is 3.36. The number of nitrogens with zero attached hydrogens (tertiary/aromatic N) is 2. The minimum absolute atomic E-state index is 0.382. The van der Waals surface area contributed by atoms with Crippen LogP contribution in [0.3, 0.4) is 0 Å². The first-order valence-electron chi connectivity index (χ1n) is 10.2. The van der Waals surface area contributed by atoms with Gasteiger partial charge in [-0.05, 0) is 67.6 Å². The third kappa shape index (κ3) is 3.51. The lowest BCUT2D eigenvalue weighted by Gasteiger charge is -2.27. The van der Waals surface area contributed by atoms with Gasteiger partial charge in [0.05, 0.1) is 22.8 Å². The van der Waals surface area contributed by atoms with Gasteiger partial charge in [0.25, 0.3) is 0 Å². The smallest absolute Gasteiger partial charge is 0.116 e. The molecule has 1 fully saturated rings. The fraction of sp³-hybridized carbons (Fsp3) is 0.304. The van der Waals surface area contributed by atoms with Gasteiger partial charge >= 0.3 is 0 Å². The summed E-state index contributed by atoms with van der Waals surface area (Å²) in [7, 11) is 0. The molecule has 0 atom stereocenters. The van der Waals surface area contributed by atoms with Gasteiger partial charge in [-0.2, -0.15) is 10.4 Å². The van der Waals surface area contributed by atoms with Crippen LogP contribution in [0.4, 0.5) is 0 Å². The maximum absolute atomic E-state index is 9.08. The van der Waals surface area contributed by atoms with Crippen LogP contribution in [0.25, 0.3) is 33.2 Å². The molecular weight excluding hydrogens is 360 g/mol. The number of aromatic nitrogens is 3. The lowest BCUT2D eigenvalue weighted by molar-refractivity contribution is 0.342. The molecule has 1 saturated carbocycles. The fourth-order valence-corrected chi connectivity index (χ4v) is 4.30. The van der Waals surface area contributed by atoms with E-state index in [0.29, 0.717) is 17.6 Å². The standard InChI is InChI=1S/C23H24N6/c24-12-14-1-7-19-21(10-14)28-29-23(19)22-11-16-9-15(2-8-20(16)27-22)13-26-18-5-3-17(25)4-6-18/h1-2,7-11,17-18,26-27H,3-6,13,25H2,(H,28,29). The number of fused-ring (bicyclic) bond motifs is 2. The van der Waals surface area contributed by atoms with Crippen molar-refractivity contribution in [1.29, 1.82) is 5.26 Å². The van der Waals surface area contributed by atoms with Gasteiger partial charge in [-0.1, -0.05) is 6.07 Å². The number of nitrogens with one attached hydrogen (secondary N) is 3. The summed E-state index contributed by atoms with van der Waals surface area (Å²) in [5.41, 5.74) is 11.7. The van der Waals surface area contributed by atoms with Crippen molar-refractivity contribution in [3.63, 3.8) is 0 Å². The molecule has 1 aliphatic rings. The van der Waals surface area contributed by atoms with E-state index in [9.17, 15) is 0 Å². The van der Waals surface area contributed by atoms with Gasteiger partial charge in [-0.15, -0.1) is 0 Å². The predicted molar refractivity (Wildman–Crippen MR) is 115 cm³/mol. The van der Waals surface area contributed by atoms with E-state index in [1.54, 1.807) is 0 Å². The minimum Gasteiger partial charge on any atom is -0.353 e. The number of aromatic amines is 2. The van der Waals surface area contributed by atoms with Crippen molar-refractivity contribution in [2.45, 2.75) is 44.3 Å². The van der Waals surface area contributed by atoms with Crippen LogP contribution in [-0.4, -0.2) is 27.3 Å². The second-order valence-corrected chi connectivity index (χ2v) is 8.04. The molecule has 0 saturated heterocycles. The van der Waals surface area contributed by atoms with Crippen LogP contribution in [0.15, 0.2) is 42.5 Å². The molecule has 2 aromatic carbocycles. The van der Waals surface area contributed by atoms with Crippen LogP contribution in [-0.2, 0) is 6.54 Å². The summed E-state index contributed by atoms with van der Waals surface area (Å²) in [5, 5.41) is 22.5. The third-order valence-corrected chi connectivity index (χ3v) is 6.00. The van der Waals surface area contributed by atoms with Gasteiger partial charge in [0, 0.05) is 34.9 Å². The summed E-state index contributed by atoms with van der Waals surface area (Å²) in [5.74, 6) is 0. The zero-order chi connectivity index (χ0) is 19.8. The summed E-state index contributed by atoms with van der Waals surface area (Å²) >= 11 is 0. The Kier molecular flexibility index (Phi) is 4.55. The van der Waals surface area contributed by atoms with Crippen LogP contribution in [0, 0.1) is 11.3 Å². The first-order chi connectivity index (χ1) is 14.2. The Hall–Kier alpha value is -3.14. The molecular formula is C23H24N6. The molecule has 2 heterocycles. The lowest BCUT2D eigenvalue weighted by Crippen LogP contribution is -2.36. The molecule has 6 nitrogen and oxygen atoms in total. The second-order valence-electron chi connectivity index (χ2n) is 8.04. The van der Waals surface area contributed by atoms with Gasteiger partial charge in [0.2, 0.25) is 0 Å². The van der Waals surface area contributed by atoms with E-state index in [0.717, 1.165) is 60.0 Å². The van der Waals surface area contributed by atoms with Gasteiger partial charge in [-0.3, -0.25) is 5.10 Å². The molecule has 5 N–H and O–H groups in total. The largest absolute Gasteiger partial charge is 0.353 e. The summed E-state index contributed by atoms with van der Waals surface area (Å²) in [6.07, 6.45) is 4.56. The SMILES string of the molecule is N#Cc1ccc2c(-c3cc4cc(CNC5CCC(N)CC5)ccc4[nH]3)n[nH]c2c1. The summed E-state index contributed by atoms with van der Waals surface area (Å²) < 4.78 is 0. The van der Waals surface area contributed by atoms with Crippen LogP contribution in [0.2, 0.25) is 0 Å². The highest BCUT2D eigenvalue weighted by Crippen LogP contribution is 2.29. The number of rotatable bonds is 4. The number of nitrogens with two attached hydrogens (primary N) is 1. The number of hydrogen-bond acceptors (Lipinski definition) is 4.